The standard InChI is InChI=1S/C27H33ClN6O/c1-15-29-14-21-23(31-34(5)24(21)30-15)20-11-19(20)16-6-7-18(22(28)10-16)25(35)33(4)17-12-26(2)8-9-27(3,13-17)32-26/h6-7,10,14,17,19-20,32H,8-9,11-13H2,1-5H3/t17?,19?,20?,26-,27+. The van der Waals surface area contributed by atoms with E-state index in [1.807, 2.05) is 48.9 Å². The van der Waals surface area contributed by atoms with Gasteiger partial charge in [0.2, 0.25) is 0 Å². The molecular formula is C27H33ClN6O. The molecule has 3 aliphatic rings. The summed E-state index contributed by atoms with van der Waals surface area (Å²) in [5.74, 6) is 1.41. The van der Waals surface area contributed by atoms with Crippen LogP contribution < -0.4 is 5.32 Å². The van der Waals surface area contributed by atoms with Gasteiger partial charge in [0.05, 0.1) is 21.7 Å². The molecule has 184 valence electrons. The summed E-state index contributed by atoms with van der Waals surface area (Å²) in [6, 6.07) is 6.17. The number of carbonyl (C=O) groups is 1. The van der Waals surface area contributed by atoms with E-state index in [4.69, 9.17) is 16.7 Å². The van der Waals surface area contributed by atoms with Crippen molar-refractivity contribution in [3.8, 4) is 0 Å². The number of fused-ring (bicyclic) bond motifs is 3. The number of carbonyl (C=O) groups excluding carboxylic acids is 1. The van der Waals surface area contributed by atoms with Crippen molar-refractivity contribution in [2.24, 2.45) is 7.05 Å². The van der Waals surface area contributed by atoms with Crippen LogP contribution in [-0.4, -0.2) is 54.7 Å². The van der Waals surface area contributed by atoms with Crippen LogP contribution in [0.5, 0.6) is 0 Å². The molecule has 2 aliphatic heterocycles. The molecule has 0 radical (unpaired) electrons. The summed E-state index contributed by atoms with van der Waals surface area (Å²) >= 11 is 6.71. The van der Waals surface area contributed by atoms with Crippen molar-refractivity contribution in [3.63, 3.8) is 0 Å². The molecule has 35 heavy (non-hydrogen) atoms. The molecule has 3 fully saturated rings. The zero-order chi connectivity index (χ0) is 24.7. The average molecular weight is 493 g/mol. The van der Waals surface area contributed by atoms with E-state index in [2.05, 4.69) is 35.2 Å². The average Bonchev–Trinajstić information content (AvgIpc) is 3.49. The van der Waals surface area contributed by atoms with Gasteiger partial charge in [-0.15, -0.1) is 0 Å². The maximum absolute atomic E-state index is 13.5. The minimum absolute atomic E-state index is 0.00985. The van der Waals surface area contributed by atoms with Crippen LogP contribution in [0, 0.1) is 6.92 Å². The van der Waals surface area contributed by atoms with Crippen molar-refractivity contribution in [3.05, 3.63) is 52.1 Å². The fourth-order valence-electron chi connectivity index (χ4n) is 6.68. The van der Waals surface area contributed by atoms with Crippen LogP contribution in [0.15, 0.2) is 24.4 Å². The number of amides is 1. The summed E-state index contributed by atoms with van der Waals surface area (Å²) < 4.78 is 1.84. The number of aromatic nitrogens is 4. The summed E-state index contributed by atoms with van der Waals surface area (Å²) in [6.07, 6.45) is 7.18. The lowest BCUT2D eigenvalue weighted by molar-refractivity contribution is 0.0597. The van der Waals surface area contributed by atoms with E-state index in [0.29, 0.717) is 22.4 Å². The molecule has 1 N–H and O–H groups in total. The molecule has 6 rings (SSSR count). The number of piperidine rings is 1. The minimum Gasteiger partial charge on any atom is -0.339 e. The highest BCUT2D eigenvalue weighted by molar-refractivity contribution is 6.33. The fraction of sp³-hybridized carbons (Fsp3) is 0.556. The topological polar surface area (TPSA) is 75.9 Å². The molecule has 3 aromatic rings. The molecule has 1 amide bonds. The Morgan fingerprint density at radius 3 is 2.60 bits per heavy atom. The van der Waals surface area contributed by atoms with Gasteiger partial charge in [0.1, 0.15) is 5.82 Å². The van der Waals surface area contributed by atoms with Crippen LogP contribution in [0.1, 0.15) is 85.2 Å². The molecule has 2 saturated heterocycles. The Balaban J connectivity index is 1.20. The molecule has 2 bridgehead atoms. The van der Waals surface area contributed by atoms with Gasteiger partial charge in [0.15, 0.2) is 5.65 Å². The Morgan fingerprint density at radius 2 is 1.91 bits per heavy atom. The summed E-state index contributed by atoms with van der Waals surface area (Å²) in [5, 5.41) is 10.1. The monoisotopic (exact) mass is 492 g/mol. The molecule has 2 aromatic heterocycles. The Labute approximate surface area is 211 Å². The van der Waals surface area contributed by atoms with Crippen LogP contribution in [0.2, 0.25) is 5.02 Å². The smallest absolute Gasteiger partial charge is 0.255 e. The van der Waals surface area contributed by atoms with Gasteiger partial charge in [-0.25, -0.2) is 9.97 Å². The first-order valence-corrected chi connectivity index (χ1v) is 13.0. The summed E-state index contributed by atoms with van der Waals surface area (Å²) in [7, 11) is 3.86. The van der Waals surface area contributed by atoms with Gasteiger partial charge < -0.3 is 10.2 Å². The SMILES string of the molecule is Cc1ncc2c(C3CC3c3ccc(C(=O)N(C)C4C[C@]5(C)CC[C@](C)(C4)N5)c(Cl)c3)nn(C)c2n1. The van der Waals surface area contributed by atoms with Crippen LogP contribution in [0.3, 0.4) is 0 Å². The predicted molar refractivity (Wildman–Crippen MR) is 137 cm³/mol. The highest BCUT2D eigenvalue weighted by Crippen LogP contribution is 2.55. The number of hydrogen-bond donors (Lipinski definition) is 1. The lowest BCUT2D eigenvalue weighted by Gasteiger charge is -2.45. The van der Waals surface area contributed by atoms with Crippen LogP contribution in [-0.2, 0) is 7.05 Å². The minimum atomic E-state index is 0.00985. The van der Waals surface area contributed by atoms with Gasteiger partial charge >= 0.3 is 0 Å². The molecule has 1 aromatic carbocycles. The molecule has 3 unspecified atom stereocenters. The second-order valence-electron chi connectivity index (χ2n) is 11.6. The molecule has 1 aliphatic carbocycles. The number of hydrogen-bond acceptors (Lipinski definition) is 5. The third-order valence-corrected chi connectivity index (χ3v) is 8.91. The Kier molecular flexibility index (Phi) is 5.07. The number of rotatable bonds is 4. The number of nitrogens with zero attached hydrogens (tertiary/aromatic N) is 5. The number of nitrogens with one attached hydrogen (secondary N) is 1. The van der Waals surface area contributed by atoms with Gasteiger partial charge in [-0.3, -0.25) is 9.48 Å². The molecule has 1 saturated carbocycles. The Hall–Kier alpha value is -2.51. The van der Waals surface area contributed by atoms with Crippen LogP contribution >= 0.6 is 11.6 Å². The van der Waals surface area contributed by atoms with Crippen molar-refractivity contribution >= 4 is 28.5 Å². The molecular weight excluding hydrogens is 460 g/mol. The first kappa shape index (κ1) is 22.9. The largest absolute Gasteiger partial charge is 0.339 e. The molecule has 5 atom stereocenters. The van der Waals surface area contributed by atoms with Crippen molar-refractivity contribution in [2.75, 3.05) is 7.05 Å². The van der Waals surface area contributed by atoms with Gasteiger partial charge in [0.25, 0.3) is 5.91 Å². The highest BCUT2D eigenvalue weighted by Gasteiger charge is 2.50. The zero-order valence-corrected chi connectivity index (χ0v) is 21.9. The van der Waals surface area contributed by atoms with Gasteiger partial charge in [-0.1, -0.05) is 17.7 Å². The van der Waals surface area contributed by atoms with E-state index in [0.717, 1.165) is 60.2 Å². The highest BCUT2D eigenvalue weighted by atomic mass is 35.5. The Morgan fingerprint density at radius 1 is 1.20 bits per heavy atom. The normalized spacial score (nSPS) is 31.7. The van der Waals surface area contributed by atoms with Crippen LogP contribution in [0.25, 0.3) is 11.0 Å². The van der Waals surface area contributed by atoms with E-state index in [1.165, 1.54) is 0 Å². The number of halogens is 1. The van der Waals surface area contributed by atoms with Gasteiger partial charge in [-0.2, -0.15) is 5.10 Å². The van der Waals surface area contributed by atoms with Crippen molar-refractivity contribution in [1.29, 1.82) is 0 Å². The maximum Gasteiger partial charge on any atom is 0.255 e. The first-order valence-electron chi connectivity index (χ1n) is 12.6. The summed E-state index contributed by atoms with van der Waals surface area (Å²) in [6.45, 7) is 6.47. The van der Waals surface area contributed by atoms with E-state index in [-0.39, 0.29) is 23.0 Å². The summed E-state index contributed by atoms with van der Waals surface area (Å²) in [5.41, 5.74) is 3.88. The summed E-state index contributed by atoms with van der Waals surface area (Å²) in [4.78, 5) is 24.3. The second kappa shape index (κ2) is 7.74. The first-order chi connectivity index (χ1) is 16.6. The zero-order valence-electron chi connectivity index (χ0n) is 21.1. The van der Waals surface area contributed by atoms with E-state index in [9.17, 15) is 4.79 Å². The maximum atomic E-state index is 13.5. The van der Waals surface area contributed by atoms with Crippen molar-refractivity contribution in [1.82, 2.24) is 30.0 Å². The third kappa shape index (κ3) is 3.84. The lowest BCUT2D eigenvalue weighted by atomic mass is 9.84. The molecule has 4 heterocycles. The van der Waals surface area contributed by atoms with E-state index < -0.39 is 0 Å². The van der Waals surface area contributed by atoms with Gasteiger partial charge in [-0.05, 0) is 76.5 Å². The molecule has 8 heteroatoms. The second-order valence-corrected chi connectivity index (χ2v) is 12.0. The number of benzene rings is 1. The van der Waals surface area contributed by atoms with Crippen LogP contribution in [0.4, 0.5) is 0 Å². The van der Waals surface area contributed by atoms with Crippen molar-refractivity contribution < 1.29 is 4.79 Å². The number of aryl methyl sites for hydroxylation is 2. The third-order valence-electron chi connectivity index (χ3n) is 8.60. The van der Waals surface area contributed by atoms with Gasteiger partial charge in [0, 0.05) is 43.3 Å². The molecule has 7 nitrogen and oxygen atoms in total. The van der Waals surface area contributed by atoms with E-state index in [1.54, 1.807) is 0 Å². The predicted octanol–water partition coefficient (Wildman–Crippen LogP) is 4.73. The van der Waals surface area contributed by atoms with Crippen molar-refractivity contribution in [2.45, 2.75) is 81.8 Å². The quantitative estimate of drug-likeness (QED) is 0.569. The fourth-order valence-corrected chi connectivity index (χ4v) is 6.95. The lowest BCUT2D eigenvalue weighted by Crippen LogP contribution is -2.59. The van der Waals surface area contributed by atoms with E-state index >= 15 is 0 Å². The Bertz CT molecular complexity index is 1330. The molecule has 0 spiro atoms.